The summed E-state index contributed by atoms with van der Waals surface area (Å²) < 4.78 is 1.80. The van der Waals surface area contributed by atoms with E-state index in [0.717, 1.165) is 38.1 Å². The first-order valence-corrected chi connectivity index (χ1v) is 11.1. The van der Waals surface area contributed by atoms with Gasteiger partial charge in [0.25, 0.3) is 5.91 Å². The fourth-order valence-corrected chi connectivity index (χ4v) is 4.71. The minimum atomic E-state index is -0.189. The zero-order chi connectivity index (χ0) is 21.9. The summed E-state index contributed by atoms with van der Waals surface area (Å²) in [6, 6.07) is 26.1. The van der Waals surface area contributed by atoms with Crippen molar-refractivity contribution in [1.29, 1.82) is 0 Å². The van der Waals surface area contributed by atoms with Crippen molar-refractivity contribution in [3.63, 3.8) is 0 Å². The van der Waals surface area contributed by atoms with E-state index >= 15 is 0 Å². The van der Waals surface area contributed by atoms with Crippen molar-refractivity contribution in [3.05, 3.63) is 96.3 Å². The Balaban J connectivity index is 1.30. The van der Waals surface area contributed by atoms with Crippen LogP contribution in [0.5, 0.6) is 0 Å². The van der Waals surface area contributed by atoms with Crippen molar-refractivity contribution in [1.82, 2.24) is 15.2 Å². The normalized spacial score (nSPS) is 12.5. The molecule has 7 heteroatoms. The second-order valence-electron chi connectivity index (χ2n) is 7.37. The fourth-order valence-electron chi connectivity index (χ4n) is 3.62. The average molecular weight is 440 g/mol. The number of carbonyl (C=O) groups excluding carboxylic acids is 1. The number of aromatic nitrogens is 2. The molecule has 0 fully saturated rings. The Labute approximate surface area is 190 Å². The molecule has 0 atom stereocenters. The smallest absolute Gasteiger partial charge is 0.260 e. The van der Waals surface area contributed by atoms with Crippen molar-refractivity contribution < 1.29 is 4.79 Å². The number of aryl methyl sites for hydroxylation is 1. The molecule has 1 aliphatic heterocycles. The van der Waals surface area contributed by atoms with Gasteiger partial charge < -0.3 is 4.90 Å². The lowest BCUT2D eigenvalue weighted by molar-refractivity contribution is -0.119. The van der Waals surface area contributed by atoms with Gasteiger partial charge in [-0.15, -0.1) is 0 Å². The fraction of sp³-hybridized carbons (Fsp3) is 0.0800. The van der Waals surface area contributed by atoms with Crippen molar-refractivity contribution in [3.8, 4) is 5.69 Å². The third kappa shape index (κ3) is 4.02. The summed E-state index contributed by atoms with van der Waals surface area (Å²) in [6.07, 6.45) is 3.53. The molecule has 1 N–H and O–H groups in total. The van der Waals surface area contributed by atoms with Gasteiger partial charge in [-0.2, -0.15) is 10.2 Å². The van der Waals surface area contributed by atoms with Gasteiger partial charge >= 0.3 is 0 Å². The topological polar surface area (TPSA) is 62.5 Å². The van der Waals surface area contributed by atoms with Crippen LogP contribution in [-0.4, -0.2) is 28.4 Å². The van der Waals surface area contributed by atoms with Gasteiger partial charge in [0.1, 0.15) is 6.54 Å². The summed E-state index contributed by atoms with van der Waals surface area (Å²) in [5, 5.41) is 8.70. The molecular weight excluding hydrogens is 418 g/mol. The summed E-state index contributed by atoms with van der Waals surface area (Å²) in [5.41, 5.74) is 7.36. The Morgan fingerprint density at radius 2 is 1.59 bits per heavy atom. The summed E-state index contributed by atoms with van der Waals surface area (Å²) in [6.45, 7) is 2.09. The summed E-state index contributed by atoms with van der Waals surface area (Å²) >= 11 is 1.72. The molecule has 0 aliphatic carbocycles. The van der Waals surface area contributed by atoms with E-state index < -0.39 is 0 Å². The van der Waals surface area contributed by atoms with Crippen molar-refractivity contribution in [2.45, 2.75) is 16.7 Å². The molecule has 0 saturated heterocycles. The Morgan fingerprint density at radius 1 is 0.969 bits per heavy atom. The van der Waals surface area contributed by atoms with E-state index in [2.05, 4.69) is 27.8 Å². The molecule has 0 radical (unpaired) electrons. The Kier molecular flexibility index (Phi) is 5.47. The Bertz CT molecular complexity index is 1250. The maximum absolute atomic E-state index is 12.7. The van der Waals surface area contributed by atoms with Gasteiger partial charge in [-0.25, -0.2) is 10.1 Å². The molecule has 0 unspecified atom stereocenters. The lowest BCUT2D eigenvalue weighted by Crippen LogP contribution is -2.33. The van der Waals surface area contributed by atoms with Crippen LogP contribution < -0.4 is 10.3 Å². The van der Waals surface area contributed by atoms with Gasteiger partial charge in [0.05, 0.1) is 29.0 Å². The predicted molar refractivity (Wildman–Crippen MR) is 128 cm³/mol. The molecule has 0 bridgehead atoms. The number of para-hydroxylation sites is 3. The van der Waals surface area contributed by atoms with E-state index in [1.54, 1.807) is 22.7 Å². The number of benzene rings is 3. The van der Waals surface area contributed by atoms with Crippen LogP contribution in [0.15, 0.2) is 100.0 Å². The number of hydrogen-bond acceptors (Lipinski definition) is 5. The van der Waals surface area contributed by atoms with Crippen molar-refractivity contribution in [2.75, 3.05) is 11.4 Å². The number of amides is 1. The van der Waals surface area contributed by atoms with E-state index in [4.69, 9.17) is 0 Å². The van der Waals surface area contributed by atoms with E-state index in [9.17, 15) is 4.79 Å². The van der Waals surface area contributed by atoms with Crippen LogP contribution in [0.2, 0.25) is 0 Å². The maximum Gasteiger partial charge on any atom is 0.260 e. The van der Waals surface area contributed by atoms with Gasteiger partial charge in [-0.1, -0.05) is 54.2 Å². The first kappa shape index (κ1) is 20.1. The highest BCUT2D eigenvalue weighted by molar-refractivity contribution is 7.99. The minimum Gasteiger partial charge on any atom is -0.330 e. The average Bonchev–Trinajstić information content (AvgIpc) is 3.20. The Morgan fingerprint density at radius 3 is 2.28 bits per heavy atom. The number of carbonyl (C=O) groups is 1. The highest BCUT2D eigenvalue weighted by Gasteiger charge is 2.24. The number of hydrogen-bond donors (Lipinski definition) is 1. The van der Waals surface area contributed by atoms with Crippen molar-refractivity contribution >= 4 is 35.3 Å². The first-order chi connectivity index (χ1) is 15.7. The van der Waals surface area contributed by atoms with Gasteiger partial charge in [0.2, 0.25) is 0 Å². The molecule has 5 rings (SSSR count). The standard InChI is InChI=1S/C25H21N5OS/c1-18-19(16-30(28-18)20-9-3-2-4-10-20)15-26-27-25(31)17-29-21-11-5-7-13-23(21)32-24-14-8-6-12-22(24)29/h2-16H,17H2,1H3,(H,27,31)/b26-15-. The summed E-state index contributed by atoms with van der Waals surface area (Å²) in [5.74, 6) is -0.189. The highest BCUT2D eigenvalue weighted by Crippen LogP contribution is 2.47. The number of hydrazone groups is 1. The SMILES string of the molecule is Cc1nn(-c2ccccc2)cc1/C=N\NC(=O)CN1c2ccccc2Sc2ccccc21. The zero-order valence-corrected chi connectivity index (χ0v) is 18.3. The summed E-state index contributed by atoms with van der Waals surface area (Å²) in [4.78, 5) is 17.0. The monoisotopic (exact) mass is 439 g/mol. The second-order valence-corrected chi connectivity index (χ2v) is 8.45. The molecule has 0 spiro atoms. The van der Waals surface area contributed by atoms with Crippen LogP contribution in [0.25, 0.3) is 5.69 Å². The predicted octanol–water partition coefficient (Wildman–Crippen LogP) is 4.93. The van der Waals surface area contributed by atoms with E-state index in [1.807, 2.05) is 84.8 Å². The van der Waals surface area contributed by atoms with Crippen LogP contribution in [0, 0.1) is 6.92 Å². The number of fused-ring (bicyclic) bond motifs is 2. The van der Waals surface area contributed by atoms with Crippen LogP contribution in [0.1, 0.15) is 11.3 Å². The zero-order valence-electron chi connectivity index (χ0n) is 17.5. The van der Waals surface area contributed by atoms with Gasteiger partial charge in [-0.3, -0.25) is 4.79 Å². The largest absolute Gasteiger partial charge is 0.330 e. The number of rotatable bonds is 5. The number of nitrogens with one attached hydrogen (secondary N) is 1. The quantitative estimate of drug-likeness (QED) is 0.354. The molecule has 158 valence electrons. The van der Waals surface area contributed by atoms with Crippen LogP contribution in [-0.2, 0) is 4.79 Å². The Hall–Kier alpha value is -3.84. The van der Waals surface area contributed by atoms with Crippen LogP contribution in [0.4, 0.5) is 11.4 Å². The third-order valence-electron chi connectivity index (χ3n) is 5.18. The number of nitrogens with zero attached hydrogens (tertiary/aromatic N) is 4. The van der Waals surface area contributed by atoms with E-state index in [-0.39, 0.29) is 12.5 Å². The summed E-state index contributed by atoms with van der Waals surface area (Å²) in [7, 11) is 0. The van der Waals surface area contributed by atoms with Gasteiger partial charge in [0.15, 0.2) is 0 Å². The molecule has 1 aromatic heterocycles. The van der Waals surface area contributed by atoms with Crippen molar-refractivity contribution in [2.24, 2.45) is 5.10 Å². The van der Waals surface area contributed by atoms with E-state index in [0.29, 0.717) is 0 Å². The molecule has 6 nitrogen and oxygen atoms in total. The molecule has 2 heterocycles. The van der Waals surface area contributed by atoms with Crippen LogP contribution >= 0.6 is 11.8 Å². The third-order valence-corrected chi connectivity index (χ3v) is 6.31. The molecule has 1 amide bonds. The van der Waals surface area contributed by atoms with Crippen LogP contribution in [0.3, 0.4) is 0 Å². The lowest BCUT2D eigenvalue weighted by atomic mass is 10.2. The lowest BCUT2D eigenvalue weighted by Gasteiger charge is -2.31. The second kappa shape index (κ2) is 8.72. The molecule has 1 aliphatic rings. The van der Waals surface area contributed by atoms with Gasteiger partial charge in [0, 0.05) is 21.6 Å². The molecule has 3 aromatic carbocycles. The number of anilines is 2. The first-order valence-electron chi connectivity index (χ1n) is 10.3. The molecule has 0 saturated carbocycles. The van der Waals surface area contributed by atoms with E-state index in [1.165, 1.54) is 0 Å². The molecule has 4 aromatic rings. The molecule has 32 heavy (non-hydrogen) atoms. The maximum atomic E-state index is 12.7. The highest BCUT2D eigenvalue weighted by atomic mass is 32.2. The molecular formula is C25H21N5OS. The minimum absolute atomic E-state index is 0.175. The van der Waals surface area contributed by atoms with Gasteiger partial charge in [-0.05, 0) is 43.3 Å².